The van der Waals surface area contributed by atoms with E-state index in [-0.39, 0.29) is 6.04 Å². The molecule has 3 aromatic rings. The molecule has 1 atom stereocenters. The maximum atomic E-state index is 6.23. The molecule has 1 aromatic carbocycles. The van der Waals surface area contributed by atoms with Gasteiger partial charge in [-0.2, -0.15) is 0 Å². The Morgan fingerprint density at radius 1 is 1.00 bits per heavy atom. The highest BCUT2D eigenvalue weighted by Gasteiger charge is 2.19. The number of rotatable bonds is 3. The van der Waals surface area contributed by atoms with Crippen LogP contribution in [0, 0.1) is 0 Å². The zero-order valence-electron chi connectivity index (χ0n) is 10.6. The van der Waals surface area contributed by atoms with Crippen LogP contribution in [0.15, 0.2) is 54.9 Å². The number of pyridine rings is 2. The van der Waals surface area contributed by atoms with Crippen molar-refractivity contribution in [2.24, 2.45) is 5.84 Å². The number of halogens is 1. The molecule has 1 unspecified atom stereocenters. The summed E-state index contributed by atoms with van der Waals surface area (Å²) < 4.78 is 0. The Morgan fingerprint density at radius 2 is 1.80 bits per heavy atom. The van der Waals surface area contributed by atoms with E-state index in [1.165, 1.54) is 0 Å². The molecule has 3 rings (SSSR count). The lowest BCUT2D eigenvalue weighted by atomic mass is 9.99. The number of aromatic nitrogens is 2. The second kappa shape index (κ2) is 5.54. The summed E-state index contributed by atoms with van der Waals surface area (Å²) in [4.78, 5) is 8.69. The molecule has 0 radical (unpaired) electrons. The number of fused-ring (bicyclic) bond motifs is 1. The Hall–Kier alpha value is -2.01. The zero-order valence-corrected chi connectivity index (χ0v) is 11.4. The third-order valence-corrected chi connectivity index (χ3v) is 3.54. The monoisotopic (exact) mass is 284 g/mol. The SMILES string of the molecule is NNC(c1ncccc1Cl)c1cccc2ncccc12. The quantitative estimate of drug-likeness (QED) is 0.573. The molecule has 4 nitrogen and oxygen atoms in total. The summed E-state index contributed by atoms with van der Waals surface area (Å²) in [7, 11) is 0. The number of nitrogens with one attached hydrogen (secondary N) is 1. The van der Waals surface area contributed by atoms with E-state index in [4.69, 9.17) is 17.4 Å². The van der Waals surface area contributed by atoms with Crippen molar-refractivity contribution in [2.45, 2.75) is 6.04 Å². The highest BCUT2D eigenvalue weighted by molar-refractivity contribution is 6.31. The zero-order chi connectivity index (χ0) is 13.9. The summed E-state index contributed by atoms with van der Waals surface area (Å²) in [6.07, 6.45) is 3.47. The minimum Gasteiger partial charge on any atom is -0.271 e. The van der Waals surface area contributed by atoms with Crippen molar-refractivity contribution < 1.29 is 0 Å². The van der Waals surface area contributed by atoms with Crippen LogP contribution in [-0.2, 0) is 0 Å². The Bertz CT molecular complexity index is 739. The van der Waals surface area contributed by atoms with Gasteiger partial charge in [-0.1, -0.05) is 29.8 Å². The molecule has 0 amide bonds. The lowest BCUT2D eigenvalue weighted by molar-refractivity contribution is 0.625. The third-order valence-electron chi connectivity index (χ3n) is 3.22. The summed E-state index contributed by atoms with van der Waals surface area (Å²) in [6, 6.07) is 13.1. The van der Waals surface area contributed by atoms with E-state index in [0.717, 1.165) is 16.5 Å². The van der Waals surface area contributed by atoms with Crippen molar-refractivity contribution in [1.82, 2.24) is 15.4 Å². The van der Waals surface area contributed by atoms with Crippen molar-refractivity contribution >= 4 is 22.5 Å². The summed E-state index contributed by atoms with van der Waals surface area (Å²) in [5, 5.41) is 1.61. The van der Waals surface area contributed by atoms with Gasteiger partial charge in [0, 0.05) is 17.8 Å². The highest BCUT2D eigenvalue weighted by Crippen LogP contribution is 2.29. The van der Waals surface area contributed by atoms with Crippen molar-refractivity contribution in [1.29, 1.82) is 0 Å². The van der Waals surface area contributed by atoms with Crippen molar-refractivity contribution in [3.8, 4) is 0 Å². The first-order valence-corrected chi connectivity index (χ1v) is 6.59. The van der Waals surface area contributed by atoms with Crippen LogP contribution in [0.25, 0.3) is 10.9 Å². The first-order valence-electron chi connectivity index (χ1n) is 6.21. The first-order chi connectivity index (χ1) is 9.81. The van der Waals surface area contributed by atoms with Crippen LogP contribution in [0.1, 0.15) is 17.3 Å². The largest absolute Gasteiger partial charge is 0.271 e. The summed E-state index contributed by atoms with van der Waals surface area (Å²) in [5.74, 6) is 5.73. The smallest absolute Gasteiger partial charge is 0.0903 e. The molecular formula is C15H13ClN4. The average molecular weight is 285 g/mol. The van der Waals surface area contributed by atoms with E-state index in [2.05, 4.69) is 15.4 Å². The molecule has 0 aliphatic heterocycles. The van der Waals surface area contributed by atoms with Gasteiger partial charge < -0.3 is 0 Å². The molecule has 0 saturated heterocycles. The molecule has 0 aliphatic rings. The number of nitrogens with two attached hydrogens (primary N) is 1. The molecule has 20 heavy (non-hydrogen) atoms. The number of hydrogen-bond acceptors (Lipinski definition) is 4. The second-order valence-corrected chi connectivity index (χ2v) is 4.79. The van der Waals surface area contributed by atoms with Gasteiger partial charge in [-0.15, -0.1) is 0 Å². The van der Waals surface area contributed by atoms with E-state index in [1.807, 2.05) is 30.3 Å². The standard InChI is InChI=1S/C15H13ClN4/c16-12-6-3-9-19-15(12)14(20-17)11-4-1-7-13-10(11)5-2-8-18-13/h1-9,14,20H,17H2. The molecular weight excluding hydrogens is 272 g/mol. The molecule has 5 heteroatoms. The van der Waals surface area contributed by atoms with E-state index < -0.39 is 0 Å². The Kier molecular flexibility index (Phi) is 3.60. The minimum atomic E-state index is -0.281. The first kappa shape index (κ1) is 13.0. The Morgan fingerprint density at radius 3 is 2.60 bits per heavy atom. The van der Waals surface area contributed by atoms with E-state index >= 15 is 0 Å². The summed E-state index contributed by atoms with van der Waals surface area (Å²) in [5.41, 5.74) is 5.41. The fraction of sp³-hybridized carbons (Fsp3) is 0.0667. The van der Waals surface area contributed by atoms with Crippen molar-refractivity contribution in [3.05, 3.63) is 71.1 Å². The van der Waals surface area contributed by atoms with Gasteiger partial charge in [-0.05, 0) is 29.8 Å². The van der Waals surface area contributed by atoms with Gasteiger partial charge in [0.25, 0.3) is 0 Å². The van der Waals surface area contributed by atoms with Crippen molar-refractivity contribution in [2.75, 3.05) is 0 Å². The average Bonchev–Trinajstić information content (AvgIpc) is 2.50. The number of hydrogen-bond donors (Lipinski definition) is 2. The van der Waals surface area contributed by atoms with Crippen LogP contribution < -0.4 is 11.3 Å². The van der Waals surface area contributed by atoms with E-state index in [9.17, 15) is 0 Å². The predicted octanol–water partition coefficient (Wildman–Crippen LogP) is 2.84. The van der Waals surface area contributed by atoms with Gasteiger partial charge in [0.15, 0.2) is 0 Å². The molecule has 2 aromatic heterocycles. The lowest BCUT2D eigenvalue weighted by Crippen LogP contribution is -2.30. The topological polar surface area (TPSA) is 63.8 Å². The molecule has 0 fully saturated rings. The van der Waals surface area contributed by atoms with Crippen LogP contribution in [-0.4, -0.2) is 9.97 Å². The number of hydrazine groups is 1. The predicted molar refractivity (Wildman–Crippen MR) is 80.2 cm³/mol. The van der Waals surface area contributed by atoms with Crippen LogP contribution in [0.5, 0.6) is 0 Å². The molecule has 0 bridgehead atoms. The Balaban J connectivity index is 2.20. The van der Waals surface area contributed by atoms with Gasteiger partial charge >= 0.3 is 0 Å². The van der Waals surface area contributed by atoms with Crippen LogP contribution in [0.3, 0.4) is 0 Å². The maximum absolute atomic E-state index is 6.23. The molecule has 100 valence electrons. The Labute approximate surface area is 121 Å². The molecule has 0 spiro atoms. The van der Waals surface area contributed by atoms with Gasteiger partial charge in [0.05, 0.1) is 22.3 Å². The summed E-state index contributed by atoms with van der Waals surface area (Å²) in [6.45, 7) is 0. The third kappa shape index (κ3) is 2.25. The van der Waals surface area contributed by atoms with Crippen LogP contribution in [0.2, 0.25) is 5.02 Å². The van der Waals surface area contributed by atoms with Gasteiger partial charge in [0.1, 0.15) is 0 Å². The fourth-order valence-electron chi connectivity index (χ4n) is 2.31. The highest BCUT2D eigenvalue weighted by atomic mass is 35.5. The molecule has 0 aliphatic carbocycles. The van der Waals surface area contributed by atoms with Crippen LogP contribution >= 0.6 is 11.6 Å². The molecule has 2 heterocycles. The molecule has 0 saturated carbocycles. The maximum Gasteiger partial charge on any atom is 0.0903 e. The van der Waals surface area contributed by atoms with Crippen molar-refractivity contribution in [3.63, 3.8) is 0 Å². The van der Waals surface area contributed by atoms with Gasteiger partial charge in [-0.3, -0.25) is 15.8 Å². The molecule has 3 N–H and O–H groups in total. The van der Waals surface area contributed by atoms with Crippen LogP contribution in [0.4, 0.5) is 0 Å². The fourth-order valence-corrected chi connectivity index (χ4v) is 2.54. The summed E-state index contributed by atoms with van der Waals surface area (Å²) >= 11 is 6.23. The van der Waals surface area contributed by atoms with Gasteiger partial charge in [-0.25, -0.2) is 5.43 Å². The van der Waals surface area contributed by atoms with E-state index in [1.54, 1.807) is 24.5 Å². The number of benzene rings is 1. The van der Waals surface area contributed by atoms with E-state index in [0.29, 0.717) is 10.7 Å². The van der Waals surface area contributed by atoms with Gasteiger partial charge in [0.2, 0.25) is 0 Å². The minimum absolute atomic E-state index is 0.281. The lowest BCUT2D eigenvalue weighted by Gasteiger charge is -2.18. The second-order valence-electron chi connectivity index (χ2n) is 4.39. The number of nitrogens with zero attached hydrogens (tertiary/aromatic N) is 2. The normalized spacial score (nSPS) is 12.5.